The normalized spacial score (nSPS) is 11.4. The quantitative estimate of drug-likeness (QED) is 0.749. The summed E-state index contributed by atoms with van der Waals surface area (Å²) in [6, 6.07) is 18.8. The molecule has 0 aliphatic carbocycles. The molecule has 0 unspecified atom stereocenters. The Bertz CT molecular complexity index is 918. The van der Waals surface area contributed by atoms with Gasteiger partial charge >= 0.3 is 0 Å². The number of rotatable bonds is 6. The number of hydrogen-bond donors (Lipinski definition) is 1. The lowest BCUT2D eigenvalue weighted by molar-refractivity contribution is 0.600. The van der Waals surface area contributed by atoms with Crippen molar-refractivity contribution >= 4 is 15.8 Å². The highest BCUT2D eigenvalue weighted by atomic mass is 32.2. The number of benzene rings is 2. The predicted octanol–water partition coefficient (Wildman–Crippen LogP) is 3.18. The Labute approximate surface area is 142 Å². The van der Waals surface area contributed by atoms with E-state index in [-0.39, 0.29) is 5.75 Å². The van der Waals surface area contributed by atoms with Gasteiger partial charge in [0.2, 0.25) is 10.0 Å². The molecule has 3 aromatic rings. The van der Waals surface area contributed by atoms with Gasteiger partial charge in [-0.1, -0.05) is 54.6 Å². The molecule has 5 nitrogen and oxygen atoms in total. The third-order valence-corrected chi connectivity index (χ3v) is 4.93. The minimum absolute atomic E-state index is 0.0709. The number of sulfonamides is 1. The monoisotopic (exact) mass is 341 g/mol. The number of anilines is 1. The second-order valence-electron chi connectivity index (χ2n) is 5.67. The van der Waals surface area contributed by atoms with Crippen molar-refractivity contribution in [3.05, 3.63) is 83.6 Å². The molecule has 0 aliphatic heterocycles. The number of hydrogen-bond acceptors (Lipinski definition) is 3. The molecule has 1 heterocycles. The lowest BCUT2D eigenvalue weighted by atomic mass is 10.1. The molecule has 0 amide bonds. The fourth-order valence-corrected chi connectivity index (χ4v) is 3.59. The molecular formula is C18H19N3O2S. The molecular weight excluding hydrogens is 322 g/mol. The standard InChI is InChI=1S/C18H19N3O2S/c1-15-7-5-6-10-17(15)13-21-12-11-18(19-21)20-24(22,23)14-16-8-3-2-4-9-16/h2-12H,13-14H2,1H3,(H,19,20). The van der Waals surface area contributed by atoms with Crippen LogP contribution in [0.2, 0.25) is 0 Å². The maximum absolute atomic E-state index is 12.2. The van der Waals surface area contributed by atoms with Crippen LogP contribution in [0.3, 0.4) is 0 Å². The van der Waals surface area contributed by atoms with Crippen LogP contribution in [-0.4, -0.2) is 18.2 Å². The van der Waals surface area contributed by atoms with Gasteiger partial charge < -0.3 is 0 Å². The molecule has 3 rings (SSSR count). The third kappa shape index (κ3) is 4.23. The van der Waals surface area contributed by atoms with Gasteiger partial charge in [0.1, 0.15) is 0 Å². The molecule has 1 N–H and O–H groups in total. The third-order valence-electron chi connectivity index (χ3n) is 3.69. The summed E-state index contributed by atoms with van der Waals surface area (Å²) in [5, 5.41) is 4.30. The van der Waals surface area contributed by atoms with E-state index in [2.05, 4.69) is 9.82 Å². The van der Waals surface area contributed by atoms with Gasteiger partial charge in [-0.15, -0.1) is 0 Å². The zero-order valence-electron chi connectivity index (χ0n) is 13.4. The van der Waals surface area contributed by atoms with Crippen molar-refractivity contribution in [2.75, 3.05) is 4.72 Å². The van der Waals surface area contributed by atoms with Crippen molar-refractivity contribution < 1.29 is 8.42 Å². The van der Waals surface area contributed by atoms with Crippen molar-refractivity contribution in [3.8, 4) is 0 Å². The van der Waals surface area contributed by atoms with Crippen LogP contribution in [0, 0.1) is 6.92 Å². The van der Waals surface area contributed by atoms with Crippen LogP contribution in [-0.2, 0) is 22.3 Å². The van der Waals surface area contributed by atoms with E-state index in [0.29, 0.717) is 12.4 Å². The van der Waals surface area contributed by atoms with Gasteiger partial charge in [-0.3, -0.25) is 9.40 Å². The summed E-state index contributed by atoms with van der Waals surface area (Å²) < 4.78 is 28.7. The first-order chi connectivity index (χ1) is 11.5. The molecule has 0 atom stereocenters. The molecule has 1 aromatic heterocycles. The van der Waals surface area contributed by atoms with Crippen molar-refractivity contribution in [3.63, 3.8) is 0 Å². The van der Waals surface area contributed by atoms with Gasteiger partial charge in [0, 0.05) is 12.3 Å². The van der Waals surface area contributed by atoms with Crippen LogP contribution in [0.15, 0.2) is 66.9 Å². The van der Waals surface area contributed by atoms with E-state index in [0.717, 1.165) is 11.1 Å². The second-order valence-corrected chi connectivity index (χ2v) is 7.39. The van der Waals surface area contributed by atoms with Crippen LogP contribution in [0.25, 0.3) is 0 Å². The first kappa shape index (κ1) is 16.3. The number of aryl methyl sites for hydroxylation is 1. The maximum atomic E-state index is 12.2. The van der Waals surface area contributed by atoms with E-state index in [1.54, 1.807) is 29.1 Å². The van der Waals surface area contributed by atoms with E-state index in [9.17, 15) is 8.42 Å². The highest BCUT2D eigenvalue weighted by Gasteiger charge is 2.13. The molecule has 6 heteroatoms. The Morgan fingerprint density at radius 3 is 2.46 bits per heavy atom. The van der Waals surface area contributed by atoms with Crippen LogP contribution in [0.4, 0.5) is 5.82 Å². The highest BCUT2D eigenvalue weighted by molar-refractivity contribution is 7.91. The Morgan fingerprint density at radius 1 is 1.00 bits per heavy atom. The molecule has 2 aromatic carbocycles. The summed E-state index contributed by atoms with van der Waals surface area (Å²) >= 11 is 0. The van der Waals surface area contributed by atoms with Crippen molar-refractivity contribution in [1.82, 2.24) is 9.78 Å². The summed E-state index contributed by atoms with van der Waals surface area (Å²) in [6.07, 6.45) is 1.77. The summed E-state index contributed by atoms with van der Waals surface area (Å²) in [5.74, 6) is 0.262. The average Bonchev–Trinajstić information content (AvgIpc) is 2.96. The van der Waals surface area contributed by atoms with E-state index in [1.165, 1.54) is 5.56 Å². The Hall–Kier alpha value is -2.60. The van der Waals surface area contributed by atoms with E-state index in [4.69, 9.17) is 0 Å². The first-order valence-electron chi connectivity index (χ1n) is 7.64. The van der Waals surface area contributed by atoms with Crippen LogP contribution in [0.1, 0.15) is 16.7 Å². The molecule has 0 bridgehead atoms. The minimum atomic E-state index is -3.48. The van der Waals surface area contributed by atoms with Gasteiger partial charge in [0.15, 0.2) is 5.82 Å². The Kier molecular flexibility index (Phi) is 4.66. The van der Waals surface area contributed by atoms with Gasteiger partial charge in [0.05, 0.1) is 12.3 Å². The van der Waals surface area contributed by atoms with Gasteiger partial charge in [-0.25, -0.2) is 8.42 Å². The van der Waals surface area contributed by atoms with Crippen molar-refractivity contribution in [2.24, 2.45) is 0 Å². The van der Waals surface area contributed by atoms with E-state index < -0.39 is 10.0 Å². The van der Waals surface area contributed by atoms with Crippen LogP contribution < -0.4 is 4.72 Å². The minimum Gasteiger partial charge on any atom is -0.266 e. The van der Waals surface area contributed by atoms with Gasteiger partial charge in [-0.05, 0) is 23.6 Å². The lowest BCUT2D eigenvalue weighted by Gasteiger charge is -2.07. The molecule has 0 radical (unpaired) electrons. The van der Waals surface area contributed by atoms with Crippen LogP contribution in [0.5, 0.6) is 0 Å². The molecule has 124 valence electrons. The van der Waals surface area contributed by atoms with Crippen molar-refractivity contribution in [2.45, 2.75) is 19.2 Å². The average molecular weight is 341 g/mol. The van der Waals surface area contributed by atoms with Crippen molar-refractivity contribution in [1.29, 1.82) is 0 Å². The molecule has 24 heavy (non-hydrogen) atoms. The van der Waals surface area contributed by atoms with E-state index >= 15 is 0 Å². The largest absolute Gasteiger partial charge is 0.266 e. The fourth-order valence-electron chi connectivity index (χ4n) is 2.46. The summed E-state index contributed by atoms with van der Waals surface area (Å²) in [6.45, 7) is 2.65. The zero-order chi connectivity index (χ0) is 17.0. The summed E-state index contributed by atoms with van der Waals surface area (Å²) in [5.41, 5.74) is 3.07. The number of aromatic nitrogens is 2. The molecule has 0 fully saturated rings. The summed E-state index contributed by atoms with van der Waals surface area (Å²) in [4.78, 5) is 0. The topological polar surface area (TPSA) is 64.0 Å². The molecule has 0 saturated carbocycles. The smallest absolute Gasteiger partial charge is 0.238 e. The van der Waals surface area contributed by atoms with Gasteiger partial charge in [0.25, 0.3) is 0 Å². The van der Waals surface area contributed by atoms with Gasteiger partial charge in [-0.2, -0.15) is 5.10 Å². The molecule has 0 spiro atoms. The van der Waals surface area contributed by atoms with E-state index in [1.807, 2.05) is 49.4 Å². The predicted molar refractivity (Wildman–Crippen MR) is 95.2 cm³/mol. The zero-order valence-corrected chi connectivity index (χ0v) is 14.2. The second kappa shape index (κ2) is 6.88. The Balaban J connectivity index is 1.68. The lowest BCUT2D eigenvalue weighted by Crippen LogP contribution is -2.15. The highest BCUT2D eigenvalue weighted by Crippen LogP contribution is 2.13. The maximum Gasteiger partial charge on any atom is 0.238 e. The summed E-state index contributed by atoms with van der Waals surface area (Å²) in [7, 11) is -3.48. The molecule has 0 aliphatic rings. The Morgan fingerprint density at radius 2 is 1.71 bits per heavy atom. The first-order valence-corrected chi connectivity index (χ1v) is 9.29. The fraction of sp³-hybridized carbons (Fsp3) is 0.167. The SMILES string of the molecule is Cc1ccccc1Cn1ccc(NS(=O)(=O)Cc2ccccc2)n1. The number of nitrogens with zero attached hydrogens (tertiary/aromatic N) is 2. The number of nitrogens with one attached hydrogen (secondary N) is 1. The molecule has 0 saturated heterocycles. The van der Waals surface area contributed by atoms with Crippen LogP contribution >= 0.6 is 0 Å².